The molecule has 1 fully saturated rings. The number of aliphatic imine (C=N–C) groups is 1. The van der Waals surface area contributed by atoms with E-state index in [-0.39, 0.29) is 19.5 Å². The molecule has 4 heterocycles. The van der Waals surface area contributed by atoms with Crippen LogP contribution < -0.4 is 0 Å². The Hall–Kier alpha value is -3.35. The number of hydrogen-bond acceptors (Lipinski definition) is 8. The zero-order chi connectivity index (χ0) is 22.8. The number of thiazole rings is 1. The summed E-state index contributed by atoms with van der Waals surface area (Å²) < 4.78 is 31.5. The molecule has 1 unspecified atom stereocenters. The molecule has 2 aliphatic heterocycles. The summed E-state index contributed by atoms with van der Waals surface area (Å²) >= 11 is 1.41. The minimum Gasteiger partial charge on any atom is -0.481 e. The first kappa shape index (κ1) is 21.9. The minimum absolute atomic E-state index is 0.0210. The second-order valence-corrected chi connectivity index (χ2v) is 8.03. The van der Waals surface area contributed by atoms with E-state index in [0.717, 1.165) is 5.70 Å². The molecule has 0 saturated carbocycles. The largest absolute Gasteiger partial charge is 0.481 e. The number of halogens is 2. The average molecular weight is 466 g/mol. The summed E-state index contributed by atoms with van der Waals surface area (Å²) in [7, 11) is 1.24. The van der Waals surface area contributed by atoms with E-state index in [1.54, 1.807) is 6.20 Å². The third-order valence-corrected chi connectivity index (χ3v) is 6.07. The van der Waals surface area contributed by atoms with Crippen LogP contribution in [0.4, 0.5) is 13.6 Å². The fourth-order valence-electron chi connectivity index (χ4n) is 3.87. The maximum absolute atomic E-state index is 13.0. The molecular weight excluding hydrogens is 446 g/mol. The summed E-state index contributed by atoms with van der Waals surface area (Å²) in [6.45, 7) is -2.22. The number of fused-ring (bicyclic) bond motifs is 1. The monoisotopic (exact) mass is 466 g/mol. The van der Waals surface area contributed by atoms with E-state index >= 15 is 0 Å². The molecular formula is C19H20F2N6O4S. The minimum atomic E-state index is -2.76. The van der Waals surface area contributed by atoms with Gasteiger partial charge in [-0.2, -0.15) is 13.9 Å². The lowest BCUT2D eigenvalue weighted by Gasteiger charge is -2.28. The number of rotatable bonds is 7. The first-order valence-corrected chi connectivity index (χ1v) is 10.6. The van der Waals surface area contributed by atoms with E-state index < -0.39 is 24.7 Å². The van der Waals surface area contributed by atoms with Crippen LogP contribution in [0.1, 0.15) is 30.1 Å². The predicted octanol–water partition coefficient (Wildman–Crippen LogP) is 2.52. The number of carbonyl (C=O) groups is 2. The second-order valence-electron chi connectivity index (χ2n) is 7.14. The van der Waals surface area contributed by atoms with Gasteiger partial charge in [0.1, 0.15) is 0 Å². The molecule has 2 aromatic heterocycles. The van der Waals surface area contributed by atoms with Gasteiger partial charge in [0.2, 0.25) is 0 Å². The van der Waals surface area contributed by atoms with Crippen molar-refractivity contribution >= 4 is 34.8 Å². The van der Waals surface area contributed by atoms with Crippen LogP contribution in [0.25, 0.3) is 5.57 Å². The molecule has 1 saturated heterocycles. The molecule has 32 heavy (non-hydrogen) atoms. The van der Waals surface area contributed by atoms with Crippen molar-refractivity contribution in [3.05, 3.63) is 40.2 Å². The standard InChI is InChI=1S/C19H20F2N6O4S/c1-31-19(30)25(5-3-15(28)29)11-8-14-12(13-2-6-27(24-13)18(20)21)9-23-16(26(14)10-11)17-22-4-7-32-17/h2,4,6-7,11,18H,3,5,8-10H2,1H3,(H,28,29). The number of amides is 1. The Labute approximate surface area is 185 Å². The van der Waals surface area contributed by atoms with Crippen LogP contribution >= 0.6 is 11.3 Å². The van der Waals surface area contributed by atoms with Crippen molar-refractivity contribution < 1.29 is 28.2 Å². The highest BCUT2D eigenvalue weighted by molar-refractivity contribution is 7.11. The number of alkyl halides is 2. The van der Waals surface area contributed by atoms with Crippen LogP contribution in [0.3, 0.4) is 0 Å². The molecule has 4 rings (SSSR count). The Morgan fingerprint density at radius 1 is 1.44 bits per heavy atom. The summed E-state index contributed by atoms with van der Waals surface area (Å²) in [5.74, 6) is -0.408. The van der Waals surface area contributed by atoms with Gasteiger partial charge >= 0.3 is 18.6 Å². The molecule has 2 aromatic rings. The maximum Gasteiger partial charge on any atom is 0.409 e. The first-order valence-electron chi connectivity index (χ1n) is 9.73. The van der Waals surface area contributed by atoms with Crippen LogP contribution in [0.2, 0.25) is 0 Å². The average Bonchev–Trinajstić information content (AvgIpc) is 3.53. The molecule has 0 aliphatic carbocycles. The number of hydrogen-bond donors (Lipinski definition) is 1. The fourth-order valence-corrected chi connectivity index (χ4v) is 4.52. The highest BCUT2D eigenvalue weighted by Gasteiger charge is 2.40. The van der Waals surface area contributed by atoms with Gasteiger partial charge in [0, 0.05) is 48.6 Å². The van der Waals surface area contributed by atoms with E-state index in [9.17, 15) is 18.4 Å². The molecule has 0 spiro atoms. The summed E-state index contributed by atoms with van der Waals surface area (Å²) in [6.07, 6.45) is 2.37. The molecule has 170 valence electrons. The van der Waals surface area contributed by atoms with Crippen molar-refractivity contribution in [2.45, 2.75) is 25.4 Å². The van der Waals surface area contributed by atoms with Gasteiger partial charge in [0.15, 0.2) is 10.8 Å². The summed E-state index contributed by atoms with van der Waals surface area (Å²) in [6, 6.07) is 1.11. The van der Waals surface area contributed by atoms with Gasteiger partial charge in [-0.25, -0.2) is 14.5 Å². The third-order valence-electron chi connectivity index (χ3n) is 5.30. The zero-order valence-electron chi connectivity index (χ0n) is 17.0. The Balaban J connectivity index is 1.70. The SMILES string of the molecule is COC(=O)N(CCC(=O)O)C1CC2=C(c3ccn(C(F)F)n3)CN=C(c3nccs3)N2C1. The van der Waals surface area contributed by atoms with Gasteiger partial charge in [-0.1, -0.05) is 0 Å². The summed E-state index contributed by atoms with van der Waals surface area (Å²) in [5, 5.41) is 15.6. The number of amidine groups is 1. The number of methoxy groups -OCH3 is 1. The zero-order valence-corrected chi connectivity index (χ0v) is 17.8. The van der Waals surface area contributed by atoms with Gasteiger partial charge in [0.05, 0.1) is 31.8 Å². The summed E-state index contributed by atoms with van der Waals surface area (Å²) in [4.78, 5) is 35.7. The van der Waals surface area contributed by atoms with Crippen LogP contribution in [-0.4, -0.2) is 80.4 Å². The highest BCUT2D eigenvalue weighted by atomic mass is 32.1. The number of carboxylic acid groups (broad SMARTS) is 1. The highest BCUT2D eigenvalue weighted by Crippen LogP contribution is 2.37. The van der Waals surface area contributed by atoms with Crippen molar-refractivity contribution in [3.8, 4) is 0 Å². The van der Waals surface area contributed by atoms with Crippen LogP contribution in [-0.2, 0) is 9.53 Å². The normalized spacial score (nSPS) is 18.1. The number of aliphatic carboxylic acids is 1. The molecule has 1 amide bonds. The number of ether oxygens (including phenoxy) is 1. The van der Waals surface area contributed by atoms with Gasteiger partial charge < -0.3 is 19.6 Å². The molecule has 2 aliphatic rings. The van der Waals surface area contributed by atoms with Crippen molar-refractivity contribution in [3.63, 3.8) is 0 Å². The molecule has 0 aromatic carbocycles. The molecule has 0 radical (unpaired) electrons. The maximum atomic E-state index is 13.0. The van der Waals surface area contributed by atoms with Crippen molar-refractivity contribution in [2.75, 3.05) is 26.7 Å². The van der Waals surface area contributed by atoms with Crippen molar-refractivity contribution in [1.29, 1.82) is 0 Å². The number of nitrogens with zero attached hydrogens (tertiary/aromatic N) is 6. The Bertz CT molecular complexity index is 1070. The molecule has 1 N–H and O–H groups in total. The first-order chi connectivity index (χ1) is 15.4. The smallest absolute Gasteiger partial charge is 0.409 e. The molecule has 13 heteroatoms. The van der Waals surface area contributed by atoms with Gasteiger partial charge in [-0.3, -0.25) is 9.79 Å². The van der Waals surface area contributed by atoms with E-state index in [0.29, 0.717) is 39.8 Å². The lowest BCUT2D eigenvalue weighted by atomic mass is 10.1. The lowest BCUT2D eigenvalue weighted by molar-refractivity contribution is -0.137. The Morgan fingerprint density at radius 3 is 2.88 bits per heavy atom. The van der Waals surface area contributed by atoms with Crippen molar-refractivity contribution in [1.82, 2.24) is 24.6 Å². The van der Waals surface area contributed by atoms with Gasteiger partial charge in [-0.15, -0.1) is 11.3 Å². The lowest BCUT2D eigenvalue weighted by Crippen LogP contribution is -2.44. The van der Waals surface area contributed by atoms with Gasteiger partial charge in [0.25, 0.3) is 0 Å². The van der Waals surface area contributed by atoms with Crippen LogP contribution in [0, 0.1) is 0 Å². The van der Waals surface area contributed by atoms with Crippen molar-refractivity contribution in [2.24, 2.45) is 4.99 Å². The predicted molar refractivity (Wildman–Crippen MR) is 110 cm³/mol. The third kappa shape index (κ3) is 4.20. The van der Waals surface area contributed by atoms with Gasteiger partial charge in [-0.05, 0) is 6.07 Å². The van der Waals surface area contributed by atoms with Crippen LogP contribution in [0.5, 0.6) is 0 Å². The molecule has 0 bridgehead atoms. The molecule has 10 nitrogen and oxygen atoms in total. The Morgan fingerprint density at radius 2 is 2.25 bits per heavy atom. The summed E-state index contributed by atoms with van der Waals surface area (Å²) in [5.41, 5.74) is 1.84. The number of aromatic nitrogens is 3. The van der Waals surface area contributed by atoms with E-state index in [4.69, 9.17) is 9.84 Å². The number of carboxylic acids is 1. The Kier molecular flexibility index (Phi) is 6.17. The number of carbonyl (C=O) groups excluding carboxylic acids is 1. The fraction of sp³-hybridized carbons (Fsp3) is 0.421. The van der Waals surface area contributed by atoms with E-state index in [2.05, 4.69) is 15.1 Å². The molecule has 1 atom stereocenters. The second kappa shape index (κ2) is 9.02. The topological polar surface area (TPSA) is 113 Å². The van der Waals surface area contributed by atoms with E-state index in [1.807, 2.05) is 10.3 Å². The van der Waals surface area contributed by atoms with E-state index in [1.165, 1.54) is 35.6 Å². The van der Waals surface area contributed by atoms with Crippen LogP contribution in [0.15, 0.2) is 34.5 Å². The quantitative estimate of drug-likeness (QED) is 0.667.